The van der Waals surface area contributed by atoms with Gasteiger partial charge < -0.3 is 4.74 Å². The number of fused-ring (bicyclic) bond motifs is 1. The van der Waals surface area contributed by atoms with Gasteiger partial charge in [0.1, 0.15) is 12.4 Å². The van der Waals surface area contributed by atoms with Crippen molar-refractivity contribution in [2.75, 3.05) is 18.7 Å². The van der Waals surface area contributed by atoms with E-state index in [4.69, 9.17) is 4.74 Å². The van der Waals surface area contributed by atoms with Gasteiger partial charge in [0.15, 0.2) is 0 Å². The number of benzene rings is 3. The molecule has 0 radical (unpaired) electrons. The van der Waals surface area contributed by atoms with E-state index in [-0.39, 0.29) is 12.6 Å². The summed E-state index contributed by atoms with van der Waals surface area (Å²) in [5, 5.41) is 0. The van der Waals surface area contributed by atoms with E-state index in [2.05, 4.69) is 0 Å². The van der Waals surface area contributed by atoms with Crippen molar-refractivity contribution >= 4 is 29.5 Å². The fourth-order valence-electron chi connectivity index (χ4n) is 3.39. The minimum atomic E-state index is -0.423. The molecule has 3 aromatic carbocycles. The van der Waals surface area contributed by atoms with Gasteiger partial charge in [0.2, 0.25) is 0 Å². The van der Waals surface area contributed by atoms with E-state index in [0.717, 1.165) is 10.5 Å². The van der Waals surface area contributed by atoms with Gasteiger partial charge in [0.25, 0.3) is 17.7 Å². The van der Waals surface area contributed by atoms with Crippen LogP contribution in [0, 0.1) is 0 Å². The van der Waals surface area contributed by atoms with Crippen molar-refractivity contribution in [2.45, 2.75) is 0 Å². The van der Waals surface area contributed by atoms with Crippen LogP contribution in [-0.4, -0.2) is 36.4 Å². The van der Waals surface area contributed by atoms with Crippen molar-refractivity contribution in [1.29, 1.82) is 0 Å². The highest BCUT2D eigenvalue weighted by Crippen LogP contribution is 2.26. The van der Waals surface area contributed by atoms with Gasteiger partial charge >= 0.3 is 0 Å². The lowest BCUT2D eigenvalue weighted by atomic mass is 10.1. The number of amides is 3. The van der Waals surface area contributed by atoms with Crippen LogP contribution in [0.1, 0.15) is 26.3 Å². The van der Waals surface area contributed by atoms with E-state index < -0.39 is 11.8 Å². The third-order valence-corrected chi connectivity index (χ3v) is 5.01. The first-order chi connectivity index (χ1) is 15.1. The topological polar surface area (TPSA) is 66.9 Å². The number of methoxy groups -OCH3 is 1. The van der Waals surface area contributed by atoms with Crippen LogP contribution < -0.4 is 9.64 Å². The fourth-order valence-corrected chi connectivity index (χ4v) is 3.39. The van der Waals surface area contributed by atoms with E-state index in [0.29, 0.717) is 22.6 Å². The highest BCUT2D eigenvalue weighted by atomic mass is 16.5. The lowest BCUT2D eigenvalue weighted by Gasteiger charge is -2.26. The van der Waals surface area contributed by atoms with Crippen molar-refractivity contribution in [3.8, 4) is 5.75 Å². The summed E-state index contributed by atoms with van der Waals surface area (Å²) in [6.07, 6.45) is 3.12. The Kier molecular flexibility index (Phi) is 5.62. The highest BCUT2D eigenvalue weighted by Gasteiger charge is 2.37. The first-order valence-electron chi connectivity index (χ1n) is 9.72. The molecule has 0 saturated carbocycles. The standard InChI is InChI=1S/C25H20N2O4/c1-31-20-11-7-10-19(16-20)26(23(28)15-14-18-8-3-2-4-9-18)17-27-24(29)21-12-5-6-13-22(21)25(27)30/h2-16H,17H2,1H3/b15-14+. The third kappa shape index (κ3) is 4.09. The van der Waals surface area contributed by atoms with Gasteiger partial charge in [-0.15, -0.1) is 0 Å². The molecule has 1 heterocycles. The molecule has 6 nitrogen and oxygen atoms in total. The molecule has 0 atom stereocenters. The molecule has 0 fully saturated rings. The zero-order chi connectivity index (χ0) is 21.8. The minimum absolute atomic E-state index is 0.211. The van der Waals surface area contributed by atoms with E-state index >= 15 is 0 Å². The van der Waals surface area contributed by atoms with Gasteiger partial charge in [-0.2, -0.15) is 0 Å². The molecular weight excluding hydrogens is 392 g/mol. The molecule has 3 amide bonds. The second-order valence-corrected chi connectivity index (χ2v) is 6.94. The number of rotatable bonds is 6. The fraction of sp³-hybridized carbons (Fsp3) is 0.0800. The van der Waals surface area contributed by atoms with Crippen LogP contribution in [0.2, 0.25) is 0 Å². The number of imide groups is 1. The van der Waals surface area contributed by atoms with Gasteiger partial charge in [-0.25, -0.2) is 0 Å². The Morgan fingerprint density at radius 3 is 2.19 bits per heavy atom. The lowest BCUT2D eigenvalue weighted by Crippen LogP contribution is -2.43. The van der Waals surface area contributed by atoms with E-state index in [9.17, 15) is 14.4 Å². The van der Waals surface area contributed by atoms with Crippen LogP contribution in [-0.2, 0) is 4.79 Å². The quantitative estimate of drug-likeness (QED) is 0.454. The summed E-state index contributed by atoms with van der Waals surface area (Å²) in [4.78, 5) is 41.2. The molecule has 0 unspecified atom stereocenters. The summed E-state index contributed by atoms with van der Waals surface area (Å²) in [6.45, 7) is -0.211. The molecule has 0 saturated heterocycles. The Morgan fingerprint density at radius 2 is 1.55 bits per heavy atom. The summed E-state index contributed by atoms with van der Waals surface area (Å²) in [7, 11) is 1.53. The summed E-state index contributed by atoms with van der Waals surface area (Å²) in [6, 6.07) is 23.0. The molecule has 0 N–H and O–H groups in total. The van der Waals surface area contributed by atoms with Crippen LogP contribution in [0.3, 0.4) is 0 Å². The first kappa shape index (κ1) is 20.1. The van der Waals surface area contributed by atoms with Crippen molar-refractivity contribution < 1.29 is 19.1 Å². The van der Waals surface area contributed by atoms with E-state index in [1.165, 1.54) is 18.1 Å². The Bertz CT molecular complexity index is 1140. The Labute approximate surface area is 180 Å². The van der Waals surface area contributed by atoms with Gasteiger partial charge in [-0.05, 0) is 35.9 Å². The molecule has 154 valence electrons. The van der Waals surface area contributed by atoms with Crippen LogP contribution in [0.15, 0.2) is 84.9 Å². The number of hydrogen-bond donors (Lipinski definition) is 0. The third-order valence-electron chi connectivity index (χ3n) is 5.01. The van der Waals surface area contributed by atoms with Crippen LogP contribution in [0.4, 0.5) is 5.69 Å². The van der Waals surface area contributed by atoms with Crippen molar-refractivity contribution in [3.05, 3.63) is 102 Å². The van der Waals surface area contributed by atoms with E-state index in [1.54, 1.807) is 54.6 Å². The van der Waals surface area contributed by atoms with E-state index in [1.807, 2.05) is 30.3 Å². The molecule has 0 bridgehead atoms. The molecule has 0 spiro atoms. The second-order valence-electron chi connectivity index (χ2n) is 6.94. The first-order valence-corrected chi connectivity index (χ1v) is 9.72. The minimum Gasteiger partial charge on any atom is -0.497 e. The van der Waals surface area contributed by atoms with Crippen LogP contribution in [0.5, 0.6) is 5.75 Å². The summed E-state index contributed by atoms with van der Waals surface area (Å²) in [5.41, 5.74) is 2.05. The predicted molar refractivity (Wildman–Crippen MR) is 118 cm³/mol. The SMILES string of the molecule is COc1cccc(N(CN2C(=O)c3ccccc3C2=O)C(=O)/C=C/c2ccccc2)c1. The summed E-state index contributed by atoms with van der Waals surface area (Å²) >= 11 is 0. The van der Waals surface area contributed by atoms with Crippen molar-refractivity contribution in [2.24, 2.45) is 0 Å². The Hall–Kier alpha value is -4.19. The van der Waals surface area contributed by atoms with Gasteiger partial charge in [0.05, 0.1) is 18.2 Å². The largest absolute Gasteiger partial charge is 0.497 e. The molecule has 1 aliphatic heterocycles. The van der Waals surface area contributed by atoms with Crippen LogP contribution >= 0.6 is 0 Å². The molecule has 1 aliphatic rings. The molecule has 4 rings (SSSR count). The van der Waals surface area contributed by atoms with Gasteiger partial charge in [-0.3, -0.25) is 24.2 Å². The molecule has 31 heavy (non-hydrogen) atoms. The molecule has 6 heteroatoms. The lowest BCUT2D eigenvalue weighted by molar-refractivity contribution is -0.114. The number of carbonyl (C=O) groups excluding carboxylic acids is 3. The number of nitrogens with zero attached hydrogens (tertiary/aromatic N) is 2. The number of hydrogen-bond acceptors (Lipinski definition) is 4. The smallest absolute Gasteiger partial charge is 0.263 e. The maximum Gasteiger partial charge on any atom is 0.263 e. The van der Waals surface area contributed by atoms with Gasteiger partial charge in [-0.1, -0.05) is 48.5 Å². The summed E-state index contributed by atoms with van der Waals surface area (Å²) < 4.78 is 5.27. The second kappa shape index (κ2) is 8.67. The Balaban J connectivity index is 1.66. The molecule has 3 aromatic rings. The maximum atomic E-state index is 13.1. The zero-order valence-electron chi connectivity index (χ0n) is 16.9. The zero-order valence-corrected chi connectivity index (χ0v) is 16.9. The molecular formula is C25H20N2O4. The molecule has 0 aliphatic carbocycles. The predicted octanol–water partition coefficient (Wildman–Crippen LogP) is 4.00. The Morgan fingerprint density at radius 1 is 0.903 bits per heavy atom. The number of ether oxygens (including phenoxy) is 1. The summed E-state index contributed by atoms with van der Waals surface area (Å²) in [5.74, 6) is -0.653. The number of carbonyl (C=O) groups is 3. The van der Waals surface area contributed by atoms with Gasteiger partial charge in [0, 0.05) is 17.8 Å². The number of anilines is 1. The van der Waals surface area contributed by atoms with Crippen molar-refractivity contribution in [1.82, 2.24) is 4.90 Å². The average molecular weight is 412 g/mol. The average Bonchev–Trinajstić information content (AvgIpc) is 3.06. The molecule has 0 aromatic heterocycles. The highest BCUT2D eigenvalue weighted by molar-refractivity contribution is 6.21. The normalized spacial score (nSPS) is 12.9. The monoisotopic (exact) mass is 412 g/mol. The van der Waals surface area contributed by atoms with Crippen molar-refractivity contribution in [3.63, 3.8) is 0 Å². The van der Waals surface area contributed by atoms with Crippen LogP contribution in [0.25, 0.3) is 6.08 Å². The maximum absolute atomic E-state index is 13.1.